The Bertz CT molecular complexity index is 323. The SMILES string of the molecule is CSc1ccc(OC(C)F)c(C(C)C)c1. The molecule has 1 nitrogen and oxygen atoms in total. The minimum absolute atomic E-state index is 0.339. The maximum Gasteiger partial charge on any atom is 0.235 e. The Labute approximate surface area is 95.0 Å². The van der Waals surface area contributed by atoms with Crippen LogP contribution in [0.25, 0.3) is 0 Å². The molecule has 0 N–H and O–H groups in total. The fraction of sp³-hybridized carbons (Fsp3) is 0.500. The highest BCUT2D eigenvalue weighted by Crippen LogP contribution is 2.31. The topological polar surface area (TPSA) is 9.23 Å². The van der Waals surface area contributed by atoms with E-state index in [2.05, 4.69) is 19.9 Å². The predicted molar refractivity (Wildman–Crippen MR) is 63.5 cm³/mol. The number of alkyl halides is 1. The lowest BCUT2D eigenvalue weighted by Gasteiger charge is -2.15. The second-order valence-electron chi connectivity index (χ2n) is 3.72. The Hall–Kier alpha value is -0.700. The van der Waals surface area contributed by atoms with E-state index in [-0.39, 0.29) is 0 Å². The summed E-state index contributed by atoms with van der Waals surface area (Å²) in [5.74, 6) is 0.989. The molecule has 84 valence electrons. The van der Waals surface area contributed by atoms with Gasteiger partial charge >= 0.3 is 0 Å². The molecule has 0 spiro atoms. The normalized spacial score (nSPS) is 12.9. The van der Waals surface area contributed by atoms with Gasteiger partial charge in [-0.3, -0.25) is 0 Å². The van der Waals surface area contributed by atoms with E-state index in [0.29, 0.717) is 11.7 Å². The van der Waals surface area contributed by atoms with Gasteiger partial charge in [0, 0.05) is 11.8 Å². The number of ether oxygens (including phenoxy) is 1. The van der Waals surface area contributed by atoms with Crippen LogP contribution >= 0.6 is 11.8 Å². The largest absolute Gasteiger partial charge is 0.460 e. The summed E-state index contributed by atoms with van der Waals surface area (Å²) in [5.41, 5.74) is 1.06. The van der Waals surface area contributed by atoms with Crippen LogP contribution in [0.5, 0.6) is 5.75 Å². The van der Waals surface area contributed by atoms with Gasteiger partial charge in [0.1, 0.15) is 5.75 Å². The lowest BCUT2D eigenvalue weighted by Crippen LogP contribution is -2.06. The van der Waals surface area contributed by atoms with Gasteiger partial charge in [-0.2, -0.15) is 0 Å². The van der Waals surface area contributed by atoms with Crippen molar-refractivity contribution in [1.29, 1.82) is 0 Å². The van der Waals surface area contributed by atoms with Crippen molar-refractivity contribution in [2.24, 2.45) is 0 Å². The molecule has 0 saturated carbocycles. The van der Waals surface area contributed by atoms with Crippen LogP contribution in [-0.2, 0) is 0 Å². The zero-order valence-corrected chi connectivity index (χ0v) is 10.4. The Balaban J connectivity index is 3.03. The van der Waals surface area contributed by atoms with Crippen molar-refractivity contribution in [3.63, 3.8) is 0 Å². The minimum atomic E-state index is -1.26. The van der Waals surface area contributed by atoms with E-state index in [4.69, 9.17) is 4.74 Å². The smallest absolute Gasteiger partial charge is 0.235 e. The second kappa shape index (κ2) is 5.40. The van der Waals surface area contributed by atoms with Gasteiger partial charge in [-0.15, -0.1) is 11.8 Å². The third-order valence-electron chi connectivity index (χ3n) is 2.13. The highest BCUT2D eigenvalue weighted by Gasteiger charge is 2.11. The number of benzene rings is 1. The quantitative estimate of drug-likeness (QED) is 0.713. The number of thioether (sulfide) groups is 1. The maximum atomic E-state index is 12.8. The lowest BCUT2D eigenvalue weighted by molar-refractivity contribution is 0.0846. The molecule has 0 aliphatic heterocycles. The van der Waals surface area contributed by atoms with E-state index < -0.39 is 6.36 Å². The number of hydrogen-bond donors (Lipinski definition) is 0. The third kappa shape index (κ3) is 3.42. The Kier molecular flexibility index (Phi) is 4.45. The van der Waals surface area contributed by atoms with Crippen LogP contribution in [-0.4, -0.2) is 12.6 Å². The third-order valence-corrected chi connectivity index (χ3v) is 2.85. The fourth-order valence-corrected chi connectivity index (χ4v) is 1.84. The second-order valence-corrected chi connectivity index (χ2v) is 4.60. The minimum Gasteiger partial charge on any atom is -0.460 e. The Morgan fingerprint density at radius 2 is 1.93 bits per heavy atom. The van der Waals surface area contributed by atoms with Crippen LogP contribution in [0.4, 0.5) is 4.39 Å². The highest BCUT2D eigenvalue weighted by molar-refractivity contribution is 7.98. The molecule has 1 aromatic carbocycles. The van der Waals surface area contributed by atoms with Crippen molar-refractivity contribution < 1.29 is 9.13 Å². The summed E-state index contributed by atoms with van der Waals surface area (Å²) >= 11 is 1.68. The summed E-state index contributed by atoms with van der Waals surface area (Å²) < 4.78 is 17.9. The van der Waals surface area contributed by atoms with Gasteiger partial charge in [0.2, 0.25) is 6.36 Å². The van der Waals surface area contributed by atoms with E-state index in [1.165, 1.54) is 11.8 Å². The van der Waals surface area contributed by atoms with Crippen LogP contribution in [0.1, 0.15) is 32.3 Å². The van der Waals surface area contributed by atoms with E-state index >= 15 is 0 Å². The highest BCUT2D eigenvalue weighted by atomic mass is 32.2. The zero-order valence-electron chi connectivity index (χ0n) is 9.58. The Morgan fingerprint density at radius 1 is 1.27 bits per heavy atom. The number of halogens is 1. The van der Waals surface area contributed by atoms with Crippen LogP contribution < -0.4 is 4.74 Å². The van der Waals surface area contributed by atoms with Gasteiger partial charge in [-0.25, -0.2) is 4.39 Å². The molecule has 0 radical (unpaired) electrons. The molecule has 1 unspecified atom stereocenters. The number of rotatable bonds is 4. The number of hydrogen-bond acceptors (Lipinski definition) is 2. The van der Waals surface area contributed by atoms with Crippen LogP contribution in [0.15, 0.2) is 23.1 Å². The first kappa shape index (κ1) is 12.4. The first-order chi connectivity index (χ1) is 7.04. The summed E-state index contributed by atoms with van der Waals surface area (Å²) in [6.07, 6.45) is 0.764. The van der Waals surface area contributed by atoms with Crippen molar-refractivity contribution in [3.8, 4) is 5.75 Å². The molecule has 0 saturated heterocycles. The fourth-order valence-electron chi connectivity index (χ4n) is 1.39. The summed E-state index contributed by atoms with van der Waals surface area (Å²) in [7, 11) is 0. The molecule has 0 amide bonds. The molecule has 0 aliphatic rings. The first-order valence-electron chi connectivity index (χ1n) is 5.03. The molecule has 0 fully saturated rings. The van der Waals surface area contributed by atoms with Crippen molar-refractivity contribution >= 4 is 11.8 Å². The predicted octanol–water partition coefficient (Wildman–Crippen LogP) is 4.23. The summed E-state index contributed by atoms with van der Waals surface area (Å²) in [5, 5.41) is 0. The van der Waals surface area contributed by atoms with Gasteiger partial charge in [-0.1, -0.05) is 13.8 Å². The molecule has 3 heteroatoms. The molecule has 0 heterocycles. The molecule has 1 aromatic rings. The molecule has 0 aromatic heterocycles. The summed E-state index contributed by atoms with van der Waals surface area (Å²) in [6, 6.07) is 5.86. The van der Waals surface area contributed by atoms with Crippen LogP contribution in [0.2, 0.25) is 0 Å². The molecule has 0 aliphatic carbocycles. The maximum absolute atomic E-state index is 12.8. The van der Waals surface area contributed by atoms with Gasteiger partial charge < -0.3 is 4.74 Å². The molecular weight excluding hydrogens is 211 g/mol. The van der Waals surface area contributed by atoms with Gasteiger partial charge in [0.25, 0.3) is 0 Å². The van der Waals surface area contributed by atoms with E-state index in [1.807, 2.05) is 18.4 Å². The molecular formula is C12H17FOS. The molecule has 1 atom stereocenters. The standard InChI is InChI=1S/C12H17FOS/c1-8(2)11-7-10(15-4)5-6-12(11)14-9(3)13/h5-9H,1-4H3. The lowest BCUT2D eigenvalue weighted by atomic mass is 10.0. The summed E-state index contributed by atoms with van der Waals surface area (Å²) in [4.78, 5) is 1.18. The average Bonchev–Trinajstić information content (AvgIpc) is 2.17. The average molecular weight is 228 g/mol. The zero-order chi connectivity index (χ0) is 11.4. The van der Waals surface area contributed by atoms with Gasteiger partial charge in [-0.05, 0) is 35.9 Å². The monoisotopic (exact) mass is 228 g/mol. The van der Waals surface area contributed by atoms with E-state index in [1.54, 1.807) is 11.8 Å². The first-order valence-corrected chi connectivity index (χ1v) is 6.25. The molecule has 15 heavy (non-hydrogen) atoms. The van der Waals surface area contributed by atoms with Gasteiger partial charge in [0.15, 0.2) is 0 Å². The van der Waals surface area contributed by atoms with Crippen molar-refractivity contribution in [1.82, 2.24) is 0 Å². The van der Waals surface area contributed by atoms with Gasteiger partial charge in [0.05, 0.1) is 0 Å². The molecule has 0 bridgehead atoms. The molecule has 1 rings (SSSR count). The van der Waals surface area contributed by atoms with Crippen molar-refractivity contribution in [3.05, 3.63) is 23.8 Å². The van der Waals surface area contributed by atoms with Crippen LogP contribution in [0.3, 0.4) is 0 Å². The van der Waals surface area contributed by atoms with Crippen molar-refractivity contribution in [2.75, 3.05) is 6.26 Å². The summed E-state index contributed by atoms with van der Waals surface area (Å²) in [6.45, 7) is 5.55. The van der Waals surface area contributed by atoms with E-state index in [0.717, 1.165) is 5.56 Å². The Morgan fingerprint density at radius 3 is 2.40 bits per heavy atom. The van der Waals surface area contributed by atoms with Crippen molar-refractivity contribution in [2.45, 2.75) is 37.9 Å². The van der Waals surface area contributed by atoms with E-state index in [9.17, 15) is 4.39 Å². The van der Waals surface area contributed by atoms with Crippen LogP contribution in [0, 0.1) is 0 Å².